The number of carbonyl (C=O) groups excluding carboxylic acids is 1. The zero-order chi connectivity index (χ0) is 25.9. The average molecular weight is 496 g/mol. The topological polar surface area (TPSA) is 90.3 Å². The van der Waals surface area contributed by atoms with Crippen molar-refractivity contribution >= 4 is 23.1 Å². The van der Waals surface area contributed by atoms with E-state index in [9.17, 15) is 4.79 Å². The Bertz CT molecular complexity index is 1470. The van der Waals surface area contributed by atoms with Gasteiger partial charge in [0, 0.05) is 48.0 Å². The van der Waals surface area contributed by atoms with Crippen LogP contribution in [-0.4, -0.2) is 27.3 Å². The number of esters is 1. The maximum absolute atomic E-state index is 12.5. The fraction of sp³-hybridized carbons (Fsp3) is 0.207. The van der Waals surface area contributed by atoms with Crippen molar-refractivity contribution in [2.24, 2.45) is 7.05 Å². The lowest BCUT2D eigenvalue weighted by molar-refractivity contribution is 0.0527. The highest BCUT2D eigenvalue weighted by Gasteiger charge is 2.23. The number of aromatic nitrogens is 3. The first-order chi connectivity index (χ1) is 17.9. The molecule has 1 aliphatic heterocycles. The normalized spacial score (nSPS) is 13.0. The van der Waals surface area contributed by atoms with Gasteiger partial charge in [0.25, 0.3) is 0 Å². The van der Waals surface area contributed by atoms with Crippen LogP contribution in [-0.2, 0) is 11.8 Å². The summed E-state index contributed by atoms with van der Waals surface area (Å²) in [6.07, 6.45) is 7.37. The quantitative estimate of drug-likeness (QED) is 0.307. The van der Waals surface area contributed by atoms with Crippen molar-refractivity contribution in [3.8, 4) is 17.0 Å². The van der Waals surface area contributed by atoms with E-state index >= 15 is 0 Å². The summed E-state index contributed by atoms with van der Waals surface area (Å²) in [5.41, 5.74) is 6.79. The van der Waals surface area contributed by atoms with E-state index in [4.69, 9.17) is 9.47 Å². The largest absolute Gasteiger partial charge is 0.462 e. The number of hydrogen-bond acceptors (Lipinski definition) is 7. The Morgan fingerprint density at radius 1 is 1.16 bits per heavy atom. The van der Waals surface area contributed by atoms with E-state index in [1.807, 2.05) is 63.6 Å². The van der Waals surface area contributed by atoms with Gasteiger partial charge in [-0.25, -0.2) is 4.79 Å². The molecule has 1 aliphatic rings. The van der Waals surface area contributed by atoms with Gasteiger partial charge in [-0.05, 0) is 56.7 Å². The second-order valence-electron chi connectivity index (χ2n) is 8.95. The molecule has 2 N–H and O–H groups in total. The van der Waals surface area contributed by atoms with E-state index in [-0.39, 0.29) is 12.0 Å². The second-order valence-corrected chi connectivity index (χ2v) is 8.95. The molecule has 0 spiro atoms. The summed E-state index contributed by atoms with van der Waals surface area (Å²) in [5.74, 6) is 1.05. The predicted molar refractivity (Wildman–Crippen MR) is 144 cm³/mol. The van der Waals surface area contributed by atoms with Crippen LogP contribution < -0.4 is 15.4 Å². The van der Waals surface area contributed by atoms with Gasteiger partial charge in [-0.1, -0.05) is 18.2 Å². The molecule has 3 heterocycles. The van der Waals surface area contributed by atoms with Gasteiger partial charge in [0.2, 0.25) is 0 Å². The lowest BCUT2D eigenvalue weighted by Gasteiger charge is -2.26. The number of nitrogens with one attached hydrogen (secondary N) is 2. The highest BCUT2D eigenvalue weighted by atomic mass is 16.5. The predicted octanol–water partition coefficient (Wildman–Crippen LogP) is 5.94. The smallest absolute Gasteiger partial charge is 0.340 e. The number of benzene rings is 2. The molecule has 0 fully saturated rings. The van der Waals surface area contributed by atoms with Gasteiger partial charge >= 0.3 is 5.97 Å². The molecule has 37 heavy (non-hydrogen) atoms. The molecule has 0 amide bonds. The van der Waals surface area contributed by atoms with Crippen LogP contribution in [0.4, 0.5) is 11.4 Å². The van der Waals surface area contributed by atoms with Gasteiger partial charge in [-0.3, -0.25) is 9.67 Å². The number of nitrogens with zero attached hydrogens (tertiary/aromatic N) is 3. The van der Waals surface area contributed by atoms with Crippen LogP contribution >= 0.6 is 0 Å². The summed E-state index contributed by atoms with van der Waals surface area (Å²) in [4.78, 5) is 17.1. The number of para-hydroxylation sites is 1. The Labute approximate surface area is 216 Å². The minimum atomic E-state index is -0.352. The van der Waals surface area contributed by atoms with Crippen molar-refractivity contribution in [2.45, 2.75) is 26.8 Å². The number of fused-ring (bicyclic) bond motifs is 1. The molecule has 8 nitrogen and oxygen atoms in total. The van der Waals surface area contributed by atoms with Crippen molar-refractivity contribution in [3.05, 3.63) is 95.6 Å². The Hall–Kier alpha value is -4.59. The SMILES string of the molecule is CCOC(=O)c1ccccc1NC(C)c1cc(C)cc2c1OC(c1ccc(-c3cnn(C)c3)nc1)=CN2. The zero-order valence-corrected chi connectivity index (χ0v) is 21.3. The molecule has 2 aromatic heterocycles. The number of aryl methyl sites for hydroxylation is 2. The lowest BCUT2D eigenvalue weighted by atomic mass is 10.0. The van der Waals surface area contributed by atoms with Crippen LogP contribution in [0.2, 0.25) is 0 Å². The fourth-order valence-electron chi connectivity index (χ4n) is 4.34. The van der Waals surface area contributed by atoms with Crippen molar-refractivity contribution < 1.29 is 14.3 Å². The molecular formula is C29H29N5O3. The highest BCUT2D eigenvalue weighted by molar-refractivity contribution is 5.95. The molecule has 0 bridgehead atoms. The van der Waals surface area contributed by atoms with Crippen LogP contribution in [0.3, 0.4) is 0 Å². The Balaban J connectivity index is 1.41. The third-order valence-corrected chi connectivity index (χ3v) is 6.14. The Morgan fingerprint density at radius 3 is 2.73 bits per heavy atom. The monoisotopic (exact) mass is 495 g/mol. The van der Waals surface area contributed by atoms with Gasteiger partial charge in [-0.15, -0.1) is 0 Å². The molecule has 8 heteroatoms. The third-order valence-electron chi connectivity index (χ3n) is 6.14. The first-order valence-corrected chi connectivity index (χ1v) is 12.2. The zero-order valence-electron chi connectivity index (χ0n) is 21.3. The summed E-state index contributed by atoms with van der Waals surface area (Å²) in [5, 5.41) is 11.1. The van der Waals surface area contributed by atoms with Crippen molar-refractivity contribution in [1.82, 2.24) is 14.8 Å². The molecule has 1 atom stereocenters. The standard InChI is InChI=1S/C29H29N5O3/c1-5-36-29(35)22-8-6-7-9-25(22)33-19(3)23-12-18(2)13-26-28(23)37-27(16-31-26)20-10-11-24(30-14-20)21-15-32-34(4)17-21/h6-17,19,31,33H,5H2,1-4H3. The van der Waals surface area contributed by atoms with Crippen LogP contribution in [0.25, 0.3) is 17.0 Å². The number of rotatable bonds is 7. The molecule has 188 valence electrons. The molecule has 0 saturated carbocycles. The van der Waals surface area contributed by atoms with E-state index in [0.29, 0.717) is 23.6 Å². The summed E-state index contributed by atoms with van der Waals surface area (Å²) in [7, 11) is 1.88. The molecule has 1 unspecified atom stereocenters. The maximum Gasteiger partial charge on any atom is 0.340 e. The van der Waals surface area contributed by atoms with E-state index in [1.165, 1.54) is 0 Å². The number of pyridine rings is 1. The van der Waals surface area contributed by atoms with Crippen LogP contribution in [0.5, 0.6) is 5.75 Å². The summed E-state index contributed by atoms with van der Waals surface area (Å²) in [6, 6.07) is 15.3. The number of ether oxygens (including phenoxy) is 2. The molecular weight excluding hydrogens is 466 g/mol. The van der Waals surface area contributed by atoms with Gasteiger partial charge in [0.1, 0.15) is 0 Å². The average Bonchev–Trinajstić information content (AvgIpc) is 3.34. The van der Waals surface area contributed by atoms with E-state index in [0.717, 1.165) is 39.4 Å². The van der Waals surface area contributed by atoms with Crippen LogP contribution in [0, 0.1) is 6.92 Å². The summed E-state index contributed by atoms with van der Waals surface area (Å²) >= 11 is 0. The van der Waals surface area contributed by atoms with Gasteiger partial charge in [-0.2, -0.15) is 5.10 Å². The molecule has 0 aliphatic carbocycles. The van der Waals surface area contributed by atoms with Crippen molar-refractivity contribution in [3.63, 3.8) is 0 Å². The molecule has 2 aromatic carbocycles. The van der Waals surface area contributed by atoms with Gasteiger partial charge in [0.05, 0.1) is 35.8 Å². The second kappa shape index (κ2) is 10.2. The van der Waals surface area contributed by atoms with E-state index in [1.54, 1.807) is 30.1 Å². The highest BCUT2D eigenvalue weighted by Crippen LogP contribution is 2.41. The summed E-state index contributed by atoms with van der Waals surface area (Å²) in [6.45, 7) is 6.21. The number of carbonyl (C=O) groups is 1. The van der Waals surface area contributed by atoms with E-state index < -0.39 is 0 Å². The number of anilines is 2. The van der Waals surface area contributed by atoms with Gasteiger partial charge < -0.3 is 20.1 Å². The summed E-state index contributed by atoms with van der Waals surface area (Å²) < 4.78 is 13.4. The minimum absolute atomic E-state index is 0.156. The van der Waals surface area contributed by atoms with Crippen LogP contribution in [0.1, 0.15) is 46.9 Å². The Kier molecular flexibility index (Phi) is 6.64. The van der Waals surface area contributed by atoms with Crippen molar-refractivity contribution in [1.29, 1.82) is 0 Å². The molecule has 4 aromatic rings. The van der Waals surface area contributed by atoms with Gasteiger partial charge in [0.15, 0.2) is 11.5 Å². The van der Waals surface area contributed by atoms with Crippen molar-refractivity contribution in [2.75, 3.05) is 17.2 Å². The first kappa shape index (κ1) is 24.1. The van der Waals surface area contributed by atoms with E-state index in [2.05, 4.69) is 32.8 Å². The number of hydrogen-bond donors (Lipinski definition) is 2. The minimum Gasteiger partial charge on any atom is -0.462 e. The molecule has 0 saturated heterocycles. The first-order valence-electron chi connectivity index (χ1n) is 12.2. The molecule has 5 rings (SSSR count). The fourth-order valence-corrected chi connectivity index (χ4v) is 4.34. The third kappa shape index (κ3) is 5.04. The Morgan fingerprint density at radius 2 is 2.00 bits per heavy atom. The maximum atomic E-state index is 12.5. The van der Waals surface area contributed by atoms with Crippen LogP contribution in [0.15, 0.2) is 73.3 Å². The lowest BCUT2D eigenvalue weighted by Crippen LogP contribution is -2.15. The molecule has 0 radical (unpaired) electrons.